The molecule has 4 nitrogen and oxygen atoms in total. The first kappa shape index (κ1) is 11.3. The van der Waals surface area contributed by atoms with Crippen molar-refractivity contribution in [3.63, 3.8) is 0 Å². The zero-order valence-electron chi connectivity index (χ0n) is 9.42. The lowest BCUT2D eigenvalue weighted by molar-refractivity contribution is -0.132. The van der Waals surface area contributed by atoms with Crippen LogP contribution in [0.15, 0.2) is 42.3 Å². The first-order valence-electron chi connectivity index (χ1n) is 5.23. The third-order valence-electron chi connectivity index (χ3n) is 2.79. The SMILES string of the molecule is Cn1cc(C/C(=C/O)C(=O)O)c2ccccc21. The number of hydrogen-bond donors (Lipinski definition) is 2. The summed E-state index contributed by atoms with van der Waals surface area (Å²) in [5.41, 5.74) is 1.93. The van der Waals surface area contributed by atoms with Crippen molar-refractivity contribution in [3.05, 3.63) is 47.9 Å². The summed E-state index contributed by atoms with van der Waals surface area (Å²) in [6.07, 6.45) is 2.76. The van der Waals surface area contributed by atoms with Crippen LogP contribution < -0.4 is 0 Å². The van der Waals surface area contributed by atoms with Crippen LogP contribution in [-0.4, -0.2) is 20.7 Å². The van der Waals surface area contributed by atoms with E-state index in [0.29, 0.717) is 6.26 Å². The second-order valence-corrected chi connectivity index (χ2v) is 3.92. The van der Waals surface area contributed by atoms with Gasteiger partial charge < -0.3 is 14.8 Å². The third kappa shape index (κ3) is 2.01. The Labute approximate surface area is 98.4 Å². The Morgan fingerprint density at radius 2 is 2.12 bits per heavy atom. The highest BCUT2D eigenvalue weighted by Gasteiger charge is 2.12. The van der Waals surface area contributed by atoms with Crippen molar-refractivity contribution >= 4 is 16.9 Å². The van der Waals surface area contributed by atoms with E-state index < -0.39 is 5.97 Å². The maximum absolute atomic E-state index is 10.8. The molecule has 2 N–H and O–H groups in total. The fourth-order valence-electron chi connectivity index (χ4n) is 1.95. The average Bonchev–Trinajstić information content (AvgIpc) is 2.63. The number of hydrogen-bond acceptors (Lipinski definition) is 2. The van der Waals surface area contributed by atoms with Crippen LogP contribution in [0.1, 0.15) is 5.56 Å². The number of fused-ring (bicyclic) bond motifs is 1. The van der Waals surface area contributed by atoms with Crippen molar-refractivity contribution in [3.8, 4) is 0 Å². The highest BCUT2D eigenvalue weighted by atomic mass is 16.4. The standard InChI is InChI=1S/C13H13NO3/c1-14-7-9(6-10(8-15)13(16)17)11-4-2-3-5-12(11)14/h2-5,7-8,15H,6H2,1H3,(H,16,17)/b10-8-. The lowest BCUT2D eigenvalue weighted by atomic mass is 10.1. The number of benzene rings is 1. The van der Waals surface area contributed by atoms with E-state index in [2.05, 4.69) is 0 Å². The van der Waals surface area contributed by atoms with E-state index in [0.717, 1.165) is 16.5 Å². The Bertz CT molecular complexity index is 596. The number of rotatable bonds is 3. The smallest absolute Gasteiger partial charge is 0.335 e. The van der Waals surface area contributed by atoms with Crippen LogP contribution in [0.2, 0.25) is 0 Å². The predicted octanol–water partition coefficient (Wildman–Crippen LogP) is 2.25. The predicted molar refractivity (Wildman–Crippen MR) is 65.0 cm³/mol. The first-order valence-corrected chi connectivity index (χ1v) is 5.23. The largest absolute Gasteiger partial charge is 0.515 e. The summed E-state index contributed by atoms with van der Waals surface area (Å²) < 4.78 is 1.95. The molecule has 0 unspecified atom stereocenters. The van der Waals surface area contributed by atoms with Gasteiger partial charge in [0.2, 0.25) is 0 Å². The number of aryl methyl sites for hydroxylation is 1. The molecule has 0 aliphatic rings. The number of carbonyl (C=O) groups is 1. The van der Waals surface area contributed by atoms with E-state index in [1.54, 1.807) is 0 Å². The van der Waals surface area contributed by atoms with Crippen LogP contribution >= 0.6 is 0 Å². The van der Waals surface area contributed by atoms with Gasteiger partial charge in [0.15, 0.2) is 0 Å². The summed E-state index contributed by atoms with van der Waals surface area (Å²) >= 11 is 0. The molecular formula is C13H13NO3. The molecule has 0 saturated carbocycles. The minimum absolute atomic E-state index is 0.0126. The first-order chi connectivity index (χ1) is 8.13. The molecule has 0 radical (unpaired) electrons. The lowest BCUT2D eigenvalue weighted by Gasteiger charge is -1.99. The van der Waals surface area contributed by atoms with Crippen LogP contribution in [0.3, 0.4) is 0 Å². The molecule has 0 aliphatic heterocycles. The summed E-state index contributed by atoms with van der Waals surface area (Å²) in [5, 5.41) is 18.8. The monoisotopic (exact) mass is 231 g/mol. The maximum Gasteiger partial charge on any atom is 0.335 e. The molecule has 4 heteroatoms. The molecule has 0 bridgehead atoms. The van der Waals surface area contributed by atoms with Gasteiger partial charge in [-0.15, -0.1) is 0 Å². The molecule has 0 atom stereocenters. The second kappa shape index (κ2) is 4.33. The second-order valence-electron chi connectivity index (χ2n) is 3.92. The minimum Gasteiger partial charge on any atom is -0.515 e. The molecule has 0 amide bonds. The summed E-state index contributed by atoms with van der Waals surface area (Å²) in [4.78, 5) is 10.8. The Balaban J connectivity index is 2.47. The lowest BCUT2D eigenvalue weighted by Crippen LogP contribution is -2.03. The molecule has 1 heterocycles. The van der Waals surface area contributed by atoms with Crippen LogP contribution in [0.4, 0.5) is 0 Å². The number of aliphatic carboxylic acids is 1. The average molecular weight is 231 g/mol. The number of carboxylic acids is 1. The van der Waals surface area contributed by atoms with Crippen molar-refractivity contribution in [2.24, 2.45) is 7.05 Å². The van der Waals surface area contributed by atoms with Gasteiger partial charge in [0, 0.05) is 30.6 Å². The summed E-state index contributed by atoms with van der Waals surface area (Å²) in [7, 11) is 1.91. The number of nitrogens with zero attached hydrogens (tertiary/aromatic N) is 1. The van der Waals surface area contributed by atoms with Crippen molar-refractivity contribution < 1.29 is 15.0 Å². The molecule has 1 aromatic heterocycles. The summed E-state index contributed by atoms with van der Waals surface area (Å²) in [6.45, 7) is 0. The van der Waals surface area contributed by atoms with Gasteiger partial charge in [-0.25, -0.2) is 4.79 Å². The van der Waals surface area contributed by atoms with E-state index in [1.165, 1.54) is 0 Å². The van der Waals surface area contributed by atoms with Gasteiger partial charge in [0.05, 0.1) is 11.8 Å². The van der Waals surface area contributed by atoms with Gasteiger partial charge in [0.1, 0.15) is 0 Å². The van der Waals surface area contributed by atoms with E-state index in [1.807, 2.05) is 42.1 Å². The Kier molecular flexibility index (Phi) is 2.87. The Hall–Kier alpha value is -2.23. The van der Waals surface area contributed by atoms with E-state index in [-0.39, 0.29) is 12.0 Å². The molecule has 0 fully saturated rings. The zero-order chi connectivity index (χ0) is 12.4. The highest BCUT2D eigenvalue weighted by Crippen LogP contribution is 2.22. The quantitative estimate of drug-likeness (QED) is 0.629. The Morgan fingerprint density at radius 1 is 1.41 bits per heavy atom. The number of aliphatic hydroxyl groups is 1. The fourth-order valence-corrected chi connectivity index (χ4v) is 1.95. The van der Waals surface area contributed by atoms with Gasteiger partial charge >= 0.3 is 5.97 Å². The van der Waals surface area contributed by atoms with Gasteiger partial charge in [-0.3, -0.25) is 0 Å². The fraction of sp³-hybridized carbons (Fsp3) is 0.154. The normalized spacial score (nSPS) is 11.9. The van der Waals surface area contributed by atoms with E-state index >= 15 is 0 Å². The Morgan fingerprint density at radius 3 is 2.76 bits per heavy atom. The third-order valence-corrected chi connectivity index (χ3v) is 2.79. The summed E-state index contributed by atoms with van der Waals surface area (Å²) in [5.74, 6) is -1.10. The van der Waals surface area contributed by atoms with Crippen molar-refractivity contribution in [1.29, 1.82) is 0 Å². The molecule has 2 aromatic rings. The topological polar surface area (TPSA) is 62.5 Å². The van der Waals surface area contributed by atoms with Crippen LogP contribution in [0, 0.1) is 0 Å². The summed E-state index contributed by atoms with van der Waals surface area (Å²) in [6, 6.07) is 7.77. The molecule has 0 aliphatic carbocycles. The molecular weight excluding hydrogens is 218 g/mol. The number of para-hydroxylation sites is 1. The zero-order valence-corrected chi connectivity index (χ0v) is 9.42. The van der Waals surface area contributed by atoms with Gasteiger partial charge in [-0.2, -0.15) is 0 Å². The van der Waals surface area contributed by atoms with Crippen molar-refractivity contribution in [1.82, 2.24) is 4.57 Å². The van der Waals surface area contributed by atoms with Gasteiger partial charge in [-0.05, 0) is 11.6 Å². The molecule has 88 valence electrons. The van der Waals surface area contributed by atoms with Crippen molar-refractivity contribution in [2.75, 3.05) is 0 Å². The van der Waals surface area contributed by atoms with Crippen LogP contribution in [0.5, 0.6) is 0 Å². The van der Waals surface area contributed by atoms with Crippen molar-refractivity contribution in [2.45, 2.75) is 6.42 Å². The molecule has 0 spiro atoms. The van der Waals surface area contributed by atoms with Crippen LogP contribution in [-0.2, 0) is 18.3 Å². The minimum atomic E-state index is -1.10. The maximum atomic E-state index is 10.8. The van der Waals surface area contributed by atoms with E-state index in [9.17, 15) is 4.79 Å². The number of aromatic nitrogens is 1. The van der Waals surface area contributed by atoms with Crippen LogP contribution in [0.25, 0.3) is 10.9 Å². The molecule has 17 heavy (non-hydrogen) atoms. The molecule has 2 rings (SSSR count). The molecule has 0 saturated heterocycles. The van der Waals surface area contributed by atoms with E-state index in [4.69, 9.17) is 10.2 Å². The van der Waals surface area contributed by atoms with Gasteiger partial charge in [0.25, 0.3) is 0 Å². The number of aliphatic hydroxyl groups excluding tert-OH is 1. The molecule has 1 aromatic carbocycles. The highest BCUT2D eigenvalue weighted by molar-refractivity contribution is 5.89. The number of carboxylic acid groups (broad SMARTS) is 1. The van der Waals surface area contributed by atoms with Gasteiger partial charge in [-0.1, -0.05) is 18.2 Å².